The highest BCUT2D eigenvalue weighted by molar-refractivity contribution is 7.91. The molecule has 0 radical (unpaired) electrons. The number of fused-ring (bicyclic) bond motifs is 2. The Balaban J connectivity index is 1.62. The maximum absolute atomic E-state index is 13.1. The van der Waals surface area contributed by atoms with Gasteiger partial charge in [-0.1, -0.05) is 13.8 Å². The van der Waals surface area contributed by atoms with Crippen LogP contribution >= 0.6 is 0 Å². The smallest absolute Gasteiger partial charge is 0.254 e. The third-order valence-electron chi connectivity index (χ3n) is 5.10. The van der Waals surface area contributed by atoms with Gasteiger partial charge in [0.05, 0.1) is 17.5 Å². The van der Waals surface area contributed by atoms with Gasteiger partial charge in [-0.15, -0.1) is 5.10 Å². The maximum atomic E-state index is 13.1. The molecule has 2 atom stereocenters. The summed E-state index contributed by atoms with van der Waals surface area (Å²) in [6.45, 7) is 6.30. The number of piperazine rings is 1. The molecule has 0 N–H and O–H groups in total. The zero-order valence-corrected chi connectivity index (χ0v) is 15.6. The van der Waals surface area contributed by atoms with E-state index in [0.717, 1.165) is 6.54 Å². The van der Waals surface area contributed by atoms with Crippen LogP contribution in [0.3, 0.4) is 0 Å². The number of nitrogens with zero attached hydrogens (tertiary/aromatic N) is 6. The topological polar surface area (TPSA) is 101 Å². The highest BCUT2D eigenvalue weighted by Crippen LogP contribution is 2.28. The van der Waals surface area contributed by atoms with E-state index in [0.29, 0.717) is 30.2 Å². The molecule has 2 aromatic heterocycles. The largest absolute Gasteiger partial charge is 0.332 e. The van der Waals surface area contributed by atoms with E-state index in [1.54, 1.807) is 23.2 Å². The van der Waals surface area contributed by atoms with Crippen molar-refractivity contribution < 1.29 is 13.2 Å². The first kappa shape index (κ1) is 17.3. The van der Waals surface area contributed by atoms with Gasteiger partial charge < -0.3 is 4.90 Å². The molecule has 0 spiro atoms. The van der Waals surface area contributed by atoms with E-state index in [9.17, 15) is 13.2 Å². The fraction of sp³-hybridized carbons (Fsp3) is 0.625. The van der Waals surface area contributed by atoms with Gasteiger partial charge in [0.25, 0.3) is 5.91 Å². The van der Waals surface area contributed by atoms with Crippen LogP contribution in [0, 0.1) is 5.92 Å². The van der Waals surface area contributed by atoms with Crippen molar-refractivity contribution >= 4 is 21.4 Å². The third kappa shape index (κ3) is 3.07. The first-order chi connectivity index (χ1) is 12.3. The molecule has 4 rings (SSSR count). The predicted octanol–water partition coefficient (Wildman–Crippen LogP) is -0.296. The van der Waals surface area contributed by atoms with E-state index in [2.05, 4.69) is 34.3 Å². The SMILES string of the molecule is CC(C)CN1CCN(C(=O)c2ccn3nnnc3c2)[C@H]2CS(=O)(=O)C[C@H]21. The van der Waals surface area contributed by atoms with Crippen LogP contribution in [0.5, 0.6) is 0 Å². The molecule has 2 aliphatic rings. The molecule has 0 aliphatic carbocycles. The molecule has 2 fully saturated rings. The molecule has 4 heterocycles. The molecular weight excluding hydrogens is 356 g/mol. The molecule has 0 bridgehead atoms. The lowest BCUT2D eigenvalue weighted by Crippen LogP contribution is -2.61. The van der Waals surface area contributed by atoms with E-state index in [4.69, 9.17) is 0 Å². The monoisotopic (exact) mass is 378 g/mol. The predicted molar refractivity (Wildman–Crippen MR) is 94.5 cm³/mol. The van der Waals surface area contributed by atoms with Crippen molar-refractivity contribution in [3.63, 3.8) is 0 Å². The molecule has 2 aliphatic heterocycles. The first-order valence-corrected chi connectivity index (χ1v) is 10.6. The number of pyridine rings is 1. The number of rotatable bonds is 3. The zero-order chi connectivity index (χ0) is 18.5. The standard InChI is InChI=1S/C16H22N6O3S/c1-11(2)8-20-5-6-21(14-10-26(24,25)9-13(14)20)16(23)12-3-4-22-15(7-12)17-18-19-22/h3-4,7,11,13-14H,5-6,8-10H2,1-2H3/t13-,14+/m1/s1. The molecule has 2 saturated heterocycles. The van der Waals surface area contributed by atoms with E-state index in [-0.39, 0.29) is 29.5 Å². The van der Waals surface area contributed by atoms with Crippen molar-refractivity contribution in [1.29, 1.82) is 0 Å². The Morgan fingerprint density at radius 1 is 1.27 bits per heavy atom. The number of hydrogen-bond donors (Lipinski definition) is 0. The highest BCUT2D eigenvalue weighted by atomic mass is 32.2. The van der Waals surface area contributed by atoms with Crippen LogP contribution in [0.2, 0.25) is 0 Å². The van der Waals surface area contributed by atoms with Gasteiger partial charge in [0.2, 0.25) is 0 Å². The Hall–Kier alpha value is -2.07. The number of sulfone groups is 1. The molecule has 10 heteroatoms. The minimum atomic E-state index is -3.14. The van der Waals surface area contributed by atoms with Gasteiger partial charge in [-0.2, -0.15) is 0 Å². The normalized spacial score (nSPS) is 25.7. The van der Waals surface area contributed by atoms with Gasteiger partial charge in [-0.25, -0.2) is 12.9 Å². The number of carbonyl (C=O) groups is 1. The van der Waals surface area contributed by atoms with Gasteiger partial charge in [-0.05, 0) is 28.5 Å². The van der Waals surface area contributed by atoms with Crippen LogP contribution in [0.1, 0.15) is 24.2 Å². The second kappa shape index (κ2) is 6.27. The lowest BCUT2D eigenvalue weighted by atomic mass is 10.0. The fourth-order valence-corrected chi connectivity index (χ4v) is 6.02. The lowest BCUT2D eigenvalue weighted by Gasteiger charge is -2.44. The summed E-state index contributed by atoms with van der Waals surface area (Å²) in [4.78, 5) is 17.0. The Labute approximate surface area is 151 Å². The van der Waals surface area contributed by atoms with E-state index in [1.165, 1.54) is 4.52 Å². The Morgan fingerprint density at radius 3 is 2.81 bits per heavy atom. The van der Waals surface area contributed by atoms with Crippen LogP contribution in [-0.4, -0.2) is 87.4 Å². The van der Waals surface area contributed by atoms with Crippen LogP contribution in [0.15, 0.2) is 18.3 Å². The summed E-state index contributed by atoms with van der Waals surface area (Å²) < 4.78 is 26.0. The lowest BCUT2D eigenvalue weighted by molar-refractivity contribution is 0.0297. The van der Waals surface area contributed by atoms with E-state index in [1.807, 2.05) is 0 Å². The van der Waals surface area contributed by atoms with Gasteiger partial charge in [0.15, 0.2) is 15.5 Å². The molecule has 0 saturated carbocycles. The third-order valence-corrected chi connectivity index (χ3v) is 6.80. The number of carbonyl (C=O) groups excluding carboxylic acids is 1. The van der Waals surface area contributed by atoms with Gasteiger partial charge in [-0.3, -0.25) is 9.69 Å². The number of tetrazole rings is 1. The maximum Gasteiger partial charge on any atom is 0.254 e. The minimum absolute atomic E-state index is 0.0345. The van der Waals surface area contributed by atoms with Crippen LogP contribution < -0.4 is 0 Å². The van der Waals surface area contributed by atoms with Gasteiger partial charge in [0.1, 0.15) is 0 Å². The van der Waals surface area contributed by atoms with Crippen LogP contribution in [0.25, 0.3) is 5.65 Å². The van der Waals surface area contributed by atoms with Crippen molar-refractivity contribution in [3.05, 3.63) is 23.9 Å². The van der Waals surface area contributed by atoms with Crippen molar-refractivity contribution in [2.45, 2.75) is 25.9 Å². The molecule has 26 heavy (non-hydrogen) atoms. The summed E-state index contributed by atoms with van der Waals surface area (Å²) in [5.74, 6) is 0.449. The van der Waals surface area contributed by atoms with Crippen molar-refractivity contribution in [1.82, 2.24) is 29.8 Å². The van der Waals surface area contributed by atoms with Gasteiger partial charge in [0, 0.05) is 37.4 Å². The summed E-state index contributed by atoms with van der Waals surface area (Å²) in [7, 11) is -3.14. The second-order valence-electron chi connectivity index (χ2n) is 7.50. The summed E-state index contributed by atoms with van der Waals surface area (Å²) in [5.41, 5.74) is 0.970. The zero-order valence-electron chi connectivity index (χ0n) is 14.8. The Morgan fingerprint density at radius 2 is 2.04 bits per heavy atom. The summed E-state index contributed by atoms with van der Waals surface area (Å²) in [6.07, 6.45) is 1.64. The fourth-order valence-electron chi connectivity index (χ4n) is 4.01. The van der Waals surface area contributed by atoms with Crippen molar-refractivity contribution in [2.24, 2.45) is 5.92 Å². The minimum Gasteiger partial charge on any atom is -0.332 e. The van der Waals surface area contributed by atoms with Gasteiger partial charge >= 0.3 is 0 Å². The van der Waals surface area contributed by atoms with E-state index >= 15 is 0 Å². The molecule has 9 nitrogen and oxygen atoms in total. The van der Waals surface area contributed by atoms with E-state index < -0.39 is 9.84 Å². The highest BCUT2D eigenvalue weighted by Gasteiger charge is 2.48. The molecule has 2 aromatic rings. The van der Waals surface area contributed by atoms with Crippen molar-refractivity contribution in [3.8, 4) is 0 Å². The molecule has 140 valence electrons. The number of aromatic nitrogens is 4. The Kier molecular flexibility index (Phi) is 4.19. The molecule has 1 amide bonds. The molecule has 0 unspecified atom stereocenters. The molecular formula is C16H22N6O3S. The number of amides is 1. The summed E-state index contributed by atoms with van der Waals surface area (Å²) >= 11 is 0. The van der Waals surface area contributed by atoms with Crippen molar-refractivity contribution in [2.75, 3.05) is 31.1 Å². The molecule has 0 aromatic carbocycles. The van der Waals surface area contributed by atoms with Crippen LogP contribution in [-0.2, 0) is 9.84 Å². The quantitative estimate of drug-likeness (QED) is 0.723. The average molecular weight is 378 g/mol. The first-order valence-electron chi connectivity index (χ1n) is 8.77. The second-order valence-corrected chi connectivity index (χ2v) is 9.65. The average Bonchev–Trinajstić information content (AvgIpc) is 3.16. The Bertz CT molecular complexity index is 940. The van der Waals surface area contributed by atoms with Crippen LogP contribution in [0.4, 0.5) is 0 Å². The summed E-state index contributed by atoms with van der Waals surface area (Å²) in [6, 6.07) is 2.89. The summed E-state index contributed by atoms with van der Waals surface area (Å²) in [5, 5.41) is 11.2. The number of hydrogen-bond acceptors (Lipinski definition) is 7.